The zero-order valence-electron chi connectivity index (χ0n) is 12.5. The molecule has 0 atom stereocenters. The first-order valence-electron chi connectivity index (χ1n) is 7.12. The first-order valence-corrected chi connectivity index (χ1v) is 7.12. The molecule has 0 aliphatic carbocycles. The SMILES string of the molecule is Cn1nccc1CCC(=O)Nc1ccc(CCC(=O)O)cc1. The lowest BCUT2D eigenvalue weighted by atomic mass is 10.1. The molecular formula is C16H19N3O3. The summed E-state index contributed by atoms with van der Waals surface area (Å²) in [5.74, 6) is -0.868. The van der Waals surface area contributed by atoms with Gasteiger partial charge in [-0.25, -0.2) is 0 Å². The number of rotatable bonds is 7. The maximum atomic E-state index is 11.9. The minimum Gasteiger partial charge on any atom is -0.481 e. The number of hydrogen-bond donors (Lipinski definition) is 2. The highest BCUT2D eigenvalue weighted by Gasteiger charge is 2.06. The zero-order chi connectivity index (χ0) is 15.9. The Kier molecular flexibility index (Phi) is 5.30. The Bertz CT molecular complexity index is 647. The number of amides is 1. The van der Waals surface area contributed by atoms with Crippen LogP contribution >= 0.6 is 0 Å². The Morgan fingerprint density at radius 2 is 1.86 bits per heavy atom. The summed E-state index contributed by atoms with van der Waals surface area (Å²) in [4.78, 5) is 22.4. The average molecular weight is 301 g/mol. The lowest BCUT2D eigenvalue weighted by Crippen LogP contribution is -2.13. The molecule has 6 nitrogen and oxygen atoms in total. The van der Waals surface area contributed by atoms with Crippen LogP contribution in [0.5, 0.6) is 0 Å². The van der Waals surface area contributed by atoms with E-state index in [1.165, 1.54) is 0 Å². The van der Waals surface area contributed by atoms with Crippen LogP contribution in [0.3, 0.4) is 0 Å². The number of nitrogens with one attached hydrogen (secondary N) is 1. The number of carbonyl (C=O) groups is 2. The van der Waals surface area contributed by atoms with Gasteiger partial charge in [0, 0.05) is 37.5 Å². The van der Waals surface area contributed by atoms with E-state index in [1.807, 2.05) is 25.2 Å². The van der Waals surface area contributed by atoms with Gasteiger partial charge in [-0.2, -0.15) is 5.10 Å². The van der Waals surface area contributed by atoms with Crippen LogP contribution in [0, 0.1) is 0 Å². The molecule has 116 valence electrons. The Morgan fingerprint density at radius 3 is 2.45 bits per heavy atom. The highest BCUT2D eigenvalue weighted by Crippen LogP contribution is 2.12. The molecule has 0 unspecified atom stereocenters. The van der Waals surface area contributed by atoms with E-state index < -0.39 is 5.97 Å². The fourth-order valence-electron chi connectivity index (χ4n) is 2.12. The average Bonchev–Trinajstić information content (AvgIpc) is 2.90. The van der Waals surface area contributed by atoms with E-state index in [0.717, 1.165) is 11.3 Å². The second-order valence-electron chi connectivity index (χ2n) is 5.08. The second kappa shape index (κ2) is 7.40. The quantitative estimate of drug-likeness (QED) is 0.819. The predicted octanol–water partition coefficient (Wildman–Crippen LogP) is 2.01. The van der Waals surface area contributed by atoms with Gasteiger partial charge in [0.15, 0.2) is 0 Å². The van der Waals surface area contributed by atoms with Crippen molar-refractivity contribution in [2.24, 2.45) is 7.05 Å². The van der Waals surface area contributed by atoms with Crippen molar-refractivity contribution >= 4 is 17.6 Å². The van der Waals surface area contributed by atoms with Gasteiger partial charge < -0.3 is 10.4 Å². The number of carbonyl (C=O) groups excluding carboxylic acids is 1. The number of nitrogens with zero attached hydrogens (tertiary/aromatic N) is 2. The zero-order valence-corrected chi connectivity index (χ0v) is 12.5. The first-order chi connectivity index (χ1) is 10.5. The van der Waals surface area contributed by atoms with Gasteiger partial charge in [0.25, 0.3) is 0 Å². The van der Waals surface area contributed by atoms with Gasteiger partial charge in [-0.05, 0) is 36.6 Å². The van der Waals surface area contributed by atoms with E-state index in [1.54, 1.807) is 23.0 Å². The fourth-order valence-corrected chi connectivity index (χ4v) is 2.12. The Balaban J connectivity index is 1.81. The number of carboxylic acid groups (broad SMARTS) is 1. The van der Waals surface area contributed by atoms with Crippen LogP contribution in [0.2, 0.25) is 0 Å². The summed E-state index contributed by atoms with van der Waals surface area (Å²) in [6, 6.07) is 9.14. The van der Waals surface area contributed by atoms with Crippen molar-refractivity contribution in [1.29, 1.82) is 0 Å². The van der Waals surface area contributed by atoms with Crippen LogP contribution in [-0.2, 0) is 29.5 Å². The molecule has 0 radical (unpaired) electrons. The number of anilines is 1. The largest absolute Gasteiger partial charge is 0.481 e. The monoisotopic (exact) mass is 301 g/mol. The highest BCUT2D eigenvalue weighted by molar-refractivity contribution is 5.90. The molecule has 2 N–H and O–H groups in total. The molecule has 1 amide bonds. The van der Waals surface area contributed by atoms with E-state index in [-0.39, 0.29) is 12.3 Å². The maximum Gasteiger partial charge on any atom is 0.303 e. The van der Waals surface area contributed by atoms with Crippen molar-refractivity contribution in [3.05, 3.63) is 47.8 Å². The molecule has 22 heavy (non-hydrogen) atoms. The van der Waals surface area contributed by atoms with Gasteiger partial charge in [-0.1, -0.05) is 12.1 Å². The van der Waals surface area contributed by atoms with Gasteiger partial charge in [0.1, 0.15) is 0 Å². The minimum absolute atomic E-state index is 0.0560. The van der Waals surface area contributed by atoms with Crippen molar-refractivity contribution < 1.29 is 14.7 Å². The van der Waals surface area contributed by atoms with Gasteiger partial charge >= 0.3 is 5.97 Å². The Labute approximate surface area is 128 Å². The lowest BCUT2D eigenvalue weighted by molar-refractivity contribution is -0.137. The Hall–Kier alpha value is -2.63. The summed E-state index contributed by atoms with van der Waals surface area (Å²) in [5, 5.41) is 15.5. The van der Waals surface area contributed by atoms with Gasteiger partial charge in [0.2, 0.25) is 5.91 Å². The van der Waals surface area contributed by atoms with Crippen molar-refractivity contribution in [3.8, 4) is 0 Å². The van der Waals surface area contributed by atoms with E-state index in [0.29, 0.717) is 24.9 Å². The molecule has 1 aromatic heterocycles. The topological polar surface area (TPSA) is 84.2 Å². The third-order valence-corrected chi connectivity index (χ3v) is 3.40. The van der Waals surface area contributed by atoms with Gasteiger partial charge in [-0.15, -0.1) is 0 Å². The van der Waals surface area contributed by atoms with Crippen LogP contribution in [0.1, 0.15) is 24.1 Å². The summed E-state index contributed by atoms with van der Waals surface area (Å²) in [6.07, 6.45) is 3.34. The summed E-state index contributed by atoms with van der Waals surface area (Å²) in [6.45, 7) is 0. The molecule has 0 fully saturated rings. The molecule has 1 heterocycles. The van der Waals surface area contributed by atoms with Gasteiger partial charge in [0.05, 0.1) is 0 Å². The number of aliphatic carboxylic acids is 1. The summed E-state index contributed by atoms with van der Waals surface area (Å²) < 4.78 is 1.75. The van der Waals surface area contributed by atoms with Crippen molar-refractivity contribution in [2.45, 2.75) is 25.7 Å². The Morgan fingerprint density at radius 1 is 1.14 bits per heavy atom. The normalized spacial score (nSPS) is 10.4. The standard InChI is InChI=1S/C16H19N3O3/c1-19-14(10-11-17-19)7-8-15(20)18-13-5-2-12(3-6-13)4-9-16(21)22/h2-3,5-6,10-11H,4,7-9H2,1H3,(H,18,20)(H,21,22). The molecule has 0 aliphatic rings. The molecule has 0 bridgehead atoms. The molecule has 0 saturated heterocycles. The smallest absolute Gasteiger partial charge is 0.303 e. The van der Waals surface area contributed by atoms with E-state index in [2.05, 4.69) is 10.4 Å². The summed E-state index contributed by atoms with van der Waals surface area (Å²) >= 11 is 0. The molecule has 2 rings (SSSR count). The summed E-state index contributed by atoms with van der Waals surface area (Å²) in [7, 11) is 1.85. The summed E-state index contributed by atoms with van der Waals surface area (Å²) in [5.41, 5.74) is 2.67. The van der Waals surface area contributed by atoms with Crippen LogP contribution in [0.25, 0.3) is 0 Å². The van der Waals surface area contributed by atoms with E-state index >= 15 is 0 Å². The van der Waals surface area contributed by atoms with Crippen molar-refractivity contribution in [1.82, 2.24) is 9.78 Å². The molecule has 0 spiro atoms. The number of aryl methyl sites for hydroxylation is 3. The molecule has 2 aromatic rings. The second-order valence-corrected chi connectivity index (χ2v) is 5.08. The lowest BCUT2D eigenvalue weighted by Gasteiger charge is -2.06. The number of carboxylic acids is 1. The molecular weight excluding hydrogens is 282 g/mol. The minimum atomic E-state index is -0.812. The van der Waals surface area contributed by atoms with E-state index in [4.69, 9.17) is 5.11 Å². The van der Waals surface area contributed by atoms with Gasteiger partial charge in [-0.3, -0.25) is 14.3 Å². The predicted molar refractivity (Wildman–Crippen MR) is 82.6 cm³/mol. The third kappa shape index (κ3) is 4.73. The van der Waals surface area contributed by atoms with Crippen LogP contribution in [0.15, 0.2) is 36.5 Å². The number of aromatic nitrogens is 2. The molecule has 0 saturated carbocycles. The van der Waals surface area contributed by atoms with E-state index in [9.17, 15) is 9.59 Å². The molecule has 1 aromatic carbocycles. The van der Waals surface area contributed by atoms with Crippen LogP contribution in [0.4, 0.5) is 5.69 Å². The van der Waals surface area contributed by atoms with Crippen LogP contribution < -0.4 is 5.32 Å². The fraction of sp³-hybridized carbons (Fsp3) is 0.312. The maximum absolute atomic E-state index is 11.9. The van der Waals surface area contributed by atoms with Crippen molar-refractivity contribution in [3.63, 3.8) is 0 Å². The number of benzene rings is 1. The van der Waals surface area contributed by atoms with Crippen molar-refractivity contribution in [2.75, 3.05) is 5.32 Å². The molecule has 0 aliphatic heterocycles. The first kappa shape index (κ1) is 15.8. The highest BCUT2D eigenvalue weighted by atomic mass is 16.4. The molecule has 6 heteroatoms. The van der Waals surface area contributed by atoms with Crippen LogP contribution in [-0.4, -0.2) is 26.8 Å². The third-order valence-electron chi connectivity index (χ3n) is 3.40. The number of hydrogen-bond acceptors (Lipinski definition) is 3.